The zero-order valence-electron chi connectivity index (χ0n) is 9.40. The number of thiazole rings is 1. The van der Waals surface area contributed by atoms with Crippen LogP contribution in [0.2, 0.25) is 0 Å². The van der Waals surface area contributed by atoms with Gasteiger partial charge in [0.05, 0.1) is 11.8 Å². The third-order valence-corrected chi connectivity index (χ3v) is 3.69. The van der Waals surface area contributed by atoms with Gasteiger partial charge in [-0.3, -0.25) is 0 Å². The Morgan fingerprint density at radius 2 is 2.29 bits per heavy atom. The van der Waals surface area contributed by atoms with Gasteiger partial charge in [-0.15, -0.1) is 11.3 Å². The van der Waals surface area contributed by atoms with Gasteiger partial charge < -0.3 is 0 Å². The predicted molar refractivity (Wildman–Crippen MR) is 66.2 cm³/mol. The van der Waals surface area contributed by atoms with Gasteiger partial charge in [0.2, 0.25) is 0 Å². The van der Waals surface area contributed by atoms with Crippen molar-refractivity contribution in [2.75, 3.05) is 0 Å². The van der Waals surface area contributed by atoms with Crippen LogP contribution in [0.4, 0.5) is 4.39 Å². The molecule has 1 heterocycles. The number of halogens is 1. The lowest BCUT2D eigenvalue weighted by molar-refractivity contribution is 0.628. The summed E-state index contributed by atoms with van der Waals surface area (Å²) < 4.78 is 13.1. The molecule has 1 aromatic carbocycles. The average Bonchev–Trinajstić information content (AvgIpc) is 2.68. The summed E-state index contributed by atoms with van der Waals surface area (Å²) in [7, 11) is 0. The molecule has 0 amide bonds. The van der Waals surface area contributed by atoms with Crippen LogP contribution in [0.25, 0.3) is 10.6 Å². The molecule has 17 heavy (non-hydrogen) atoms. The minimum atomic E-state index is -0.256. The smallest absolute Gasteiger partial charge is 0.123 e. The molecule has 0 spiro atoms. The van der Waals surface area contributed by atoms with Crippen molar-refractivity contribution in [3.05, 3.63) is 40.7 Å². The Labute approximate surface area is 103 Å². The van der Waals surface area contributed by atoms with Crippen LogP contribution in [0.15, 0.2) is 24.3 Å². The zero-order valence-corrected chi connectivity index (χ0v) is 10.2. The fourth-order valence-corrected chi connectivity index (χ4v) is 2.63. The molecule has 0 aliphatic rings. The summed E-state index contributed by atoms with van der Waals surface area (Å²) >= 11 is 1.53. The van der Waals surface area contributed by atoms with E-state index in [1.54, 1.807) is 6.07 Å². The van der Waals surface area contributed by atoms with E-state index < -0.39 is 0 Å². The van der Waals surface area contributed by atoms with E-state index in [1.807, 2.05) is 13.0 Å². The molecule has 86 valence electrons. The Morgan fingerprint density at radius 3 is 3.00 bits per heavy atom. The van der Waals surface area contributed by atoms with Crippen LogP contribution < -0.4 is 0 Å². The van der Waals surface area contributed by atoms with E-state index in [0.717, 1.165) is 27.6 Å². The molecular formula is C13H11FN2S. The standard InChI is InChI=1S/C13H11FN2S/c1-9-12(6-3-7-15)17-13(16-9)10-4-2-5-11(14)8-10/h2,4-5,8H,3,6H2,1H3. The summed E-state index contributed by atoms with van der Waals surface area (Å²) in [5, 5.41) is 9.38. The van der Waals surface area contributed by atoms with Gasteiger partial charge in [0, 0.05) is 16.9 Å². The predicted octanol–water partition coefficient (Wildman–Crippen LogP) is 3.71. The van der Waals surface area contributed by atoms with Gasteiger partial charge >= 0.3 is 0 Å². The van der Waals surface area contributed by atoms with Gasteiger partial charge in [0.15, 0.2) is 0 Å². The number of benzene rings is 1. The number of nitrogens with zero attached hydrogens (tertiary/aromatic N) is 2. The van der Waals surface area contributed by atoms with E-state index in [0.29, 0.717) is 6.42 Å². The van der Waals surface area contributed by atoms with Crippen LogP contribution in [0.3, 0.4) is 0 Å². The first-order valence-corrected chi connectivity index (χ1v) is 6.11. The van der Waals surface area contributed by atoms with E-state index in [4.69, 9.17) is 5.26 Å². The number of rotatable bonds is 3. The van der Waals surface area contributed by atoms with Crippen molar-refractivity contribution in [1.82, 2.24) is 4.98 Å². The third kappa shape index (κ3) is 2.69. The van der Waals surface area contributed by atoms with E-state index in [1.165, 1.54) is 23.5 Å². The summed E-state index contributed by atoms with van der Waals surface area (Å²) in [4.78, 5) is 5.52. The van der Waals surface area contributed by atoms with Crippen molar-refractivity contribution < 1.29 is 4.39 Å². The molecule has 0 bridgehead atoms. The molecule has 2 nitrogen and oxygen atoms in total. The molecule has 0 aliphatic carbocycles. The molecule has 0 unspecified atom stereocenters. The Hall–Kier alpha value is -1.73. The molecule has 0 aliphatic heterocycles. The van der Waals surface area contributed by atoms with Crippen molar-refractivity contribution in [2.24, 2.45) is 0 Å². The molecular weight excluding hydrogens is 235 g/mol. The SMILES string of the molecule is Cc1nc(-c2cccc(F)c2)sc1CCC#N. The Bertz CT molecular complexity index is 569. The highest BCUT2D eigenvalue weighted by atomic mass is 32.1. The normalized spacial score (nSPS) is 10.2. The number of aromatic nitrogens is 1. The van der Waals surface area contributed by atoms with Gasteiger partial charge in [-0.25, -0.2) is 9.37 Å². The fraction of sp³-hybridized carbons (Fsp3) is 0.231. The highest BCUT2D eigenvalue weighted by molar-refractivity contribution is 7.15. The number of aryl methyl sites for hydroxylation is 2. The van der Waals surface area contributed by atoms with E-state index >= 15 is 0 Å². The topological polar surface area (TPSA) is 36.7 Å². The highest BCUT2D eigenvalue weighted by Gasteiger charge is 2.09. The van der Waals surface area contributed by atoms with Gasteiger partial charge in [-0.05, 0) is 25.5 Å². The first kappa shape index (κ1) is 11.7. The van der Waals surface area contributed by atoms with Gasteiger partial charge in [-0.1, -0.05) is 12.1 Å². The van der Waals surface area contributed by atoms with Crippen LogP contribution >= 0.6 is 11.3 Å². The molecule has 0 atom stereocenters. The summed E-state index contributed by atoms with van der Waals surface area (Å²) in [6.07, 6.45) is 1.21. The third-order valence-electron chi connectivity index (χ3n) is 2.43. The van der Waals surface area contributed by atoms with Crippen molar-refractivity contribution >= 4 is 11.3 Å². The average molecular weight is 246 g/mol. The zero-order chi connectivity index (χ0) is 12.3. The van der Waals surface area contributed by atoms with Crippen LogP contribution in [0.1, 0.15) is 17.0 Å². The molecule has 4 heteroatoms. The quantitative estimate of drug-likeness (QED) is 0.827. The van der Waals surface area contributed by atoms with Crippen LogP contribution in [0, 0.1) is 24.1 Å². The van der Waals surface area contributed by atoms with E-state index in [2.05, 4.69) is 11.1 Å². The highest BCUT2D eigenvalue weighted by Crippen LogP contribution is 2.28. The number of hydrogen-bond donors (Lipinski definition) is 0. The Balaban J connectivity index is 2.31. The maximum Gasteiger partial charge on any atom is 0.123 e. The number of nitriles is 1. The molecule has 0 N–H and O–H groups in total. The minimum Gasteiger partial charge on any atom is -0.241 e. The van der Waals surface area contributed by atoms with Crippen molar-refractivity contribution in [1.29, 1.82) is 5.26 Å². The molecule has 0 saturated carbocycles. The number of hydrogen-bond acceptors (Lipinski definition) is 3. The fourth-order valence-electron chi connectivity index (χ4n) is 1.57. The molecule has 0 fully saturated rings. The van der Waals surface area contributed by atoms with Crippen molar-refractivity contribution in [2.45, 2.75) is 19.8 Å². The molecule has 2 aromatic rings. The second kappa shape index (κ2) is 5.07. The monoisotopic (exact) mass is 246 g/mol. The Kier molecular flexibility index (Phi) is 3.50. The minimum absolute atomic E-state index is 0.256. The second-order valence-corrected chi connectivity index (χ2v) is 4.78. The largest absolute Gasteiger partial charge is 0.241 e. The summed E-state index contributed by atoms with van der Waals surface area (Å²) in [5.74, 6) is -0.256. The van der Waals surface area contributed by atoms with Gasteiger partial charge in [-0.2, -0.15) is 5.26 Å². The summed E-state index contributed by atoms with van der Waals surface area (Å²) in [6.45, 7) is 1.92. The van der Waals surface area contributed by atoms with Crippen molar-refractivity contribution in [3.63, 3.8) is 0 Å². The summed E-state index contributed by atoms with van der Waals surface area (Å²) in [6, 6.07) is 8.54. The molecule has 0 saturated heterocycles. The van der Waals surface area contributed by atoms with Crippen molar-refractivity contribution in [3.8, 4) is 16.6 Å². The van der Waals surface area contributed by atoms with Crippen LogP contribution in [-0.2, 0) is 6.42 Å². The van der Waals surface area contributed by atoms with Gasteiger partial charge in [0.1, 0.15) is 10.8 Å². The lowest BCUT2D eigenvalue weighted by Crippen LogP contribution is -1.82. The van der Waals surface area contributed by atoms with Crippen LogP contribution in [0.5, 0.6) is 0 Å². The first-order chi connectivity index (χ1) is 8.20. The first-order valence-electron chi connectivity index (χ1n) is 5.30. The lowest BCUT2D eigenvalue weighted by Gasteiger charge is -1.95. The van der Waals surface area contributed by atoms with Crippen LogP contribution in [-0.4, -0.2) is 4.98 Å². The maximum atomic E-state index is 13.1. The second-order valence-electron chi connectivity index (χ2n) is 3.70. The van der Waals surface area contributed by atoms with Gasteiger partial charge in [0.25, 0.3) is 0 Å². The Morgan fingerprint density at radius 1 is 1.47 bits per heavy atom. The summed E-state index contributed by atoms with van der Waals surface area (Å²) in [5.41, 5.74) is 1.73. The molecule has 2 rings (SSSR count). The lowest BCUT2D eigenvalue weighted by atomic mass is 10.2. The molecule has 1 aromatic heterocycles. The van der Waals surface area contributed by atoms with E-state index in [-0.39, 0.29) is 5.82 Å². The maximum absolute atomic E-state index is 13.1. The molecule has 0 radical (unpaired) electrons. The van der Waals surface area contributed by atoms with E-state index in [9.17, 15) is 4.39 Å².